The van der Waals surface area contributed by atoms with Gasteiger partial charge in [0.25, 0.3) is 5.24 Å². The Bertz CT molecular complexity index is 893. The number of hydrogen-bond donors (Lipinski definition) is 2. The van der Waals surface area contributed by atoms with E-state index in [0.29, 0.717) is 19.4 Å². The van der Waals surface area contributed by atoms with Gasteiger partial charge in [-0.3, -0.25) is 14.9 Å². The van der Waals surface area contributed by atoms with Gasteiger partial charge in [-0.2, -0.15) is 0 Å². The van der Waals surface area contributed by atoms with Crippen molar-refractivity contribution in [1.29, 1.82) is 0 Å². The highest BCUT2D eigenvalue weighted by atomic mass is 32.2. The normalized spacial score (nSPS) is 16.6. The van der Waals surface area contributed by atoms with Gasteiger partial charge in [-0.1, -0.05) is 48.7 Å². The minimum atomic E-state index is -0.390. The zero-order valence-corrected chi connectivity index (χ0v) is 16.1. The number of carbonyl (C=O) groups excluding carboxylic acids is 2. The number of thioether (sulfide) groups is 1. The van der Waals surface area contributed by atoms with Crippen LogP contribution in [-0.4, -0.2) is 28.1 Å². The lowest BCUT2D eigenvalue weighted by atomic mass is 9.96. The molecular weight excluding hydrogens is 362 g/mol. The smallest absolute Gasteiger partial charge is 0.286 e. The fraction of sp³-hybridized carbons (Fsp3) is 0.333. The minimum absolute atomic E-state index is 0.202. The number of carbonyl (C=O) groups is 2. The van der Waals surface area contributed by atoms with Crippen molar-refractivity contribution < 1.29 is 19.4 Å². The van der Waals surface area contributed by atoms with Crippen LogP contribution < -0.4 is 10.1 Å². The molecule has 27 heavy (non-hydrogen) atoms. The van der Waals surface area contributed by atoms with E-state index in [1.165, 1.54) is 0 Å². The van der Waals surface area contributed by atoms with Crippen molar-refractivity contribution in [3.63, 3.8) is 0 Å². The molecule has 2 aromatic rings. The third kappa shape index (κ3) is 4.63. The quantitative estimate of drug-likeness (QED) is 0.510. The van der Waals surface area contributed by atoms with Gasteiger partial charge in [-0.25, -0.2) is 0 Å². The summed E-state index contributed by atoms with van der Waals surface area (Å²) in [6.45, 7) is 6.05. The van der Waals surface area contributed by atoms with E-state index in [-0.39, 0.29) is 16.9 Å². The highest BCUT2D eigenvalue weighted by Crippen LogP contribution is 2.35. The van der Waals surface area contributed by atoms with Gasteiger partial charge in [0, 0.05) is 11.8 Å². The molecule has 6 heteroatoms. The number of imide groups is 1. The van der Waals surface area contributed by atoms with Crippen molar-refractivity contribution in [3.8, 4) is 5.75 Å². The van der Waals surface area contributed by atoms with Crippen LogP contribution in [0.2, 0.25) is 0 Å². The lowest BCUT2D eigenvalue weighted by Gasteiger charge is -2.16. The molecule has 1 fully saturated rings. The van der Waals surface area contributed by atoms with E-state index in [1.807, 2.05) is 37.3 Å². The van der Waals surface area contributed by atoms with Crippen molar-refractivity contribution in [1.82, 2.24) is 5.32 Å². The van der Waals surface area contributed by atoms with Crippen molar-refractivity contribution in [2.75, 3.05) is 6.61 Å². The Kier molecular flexibility index (Phi) is 6.06. The third-order valence-electron chi connectivity index (χ3n) is 4.54. The number of benzene rings is 2. The van der Waals surface area contributed by atoms with Gasteiger partial charge in [0.1, 0.15) is 5.75 Å². The first-order chi connectivity index (χ1) is 13.0. The summed E-state index contributed by atoms with van der Waals surface area (Å²) in [4.78, 5) is 23.4. The van der Waals surface area contributed by atoms with Crippen LogP contribution in [0.4, 0.5) is 4.79 Å². The number of aryl methyl sites for hydroxylation is 1. The van der Waals surface area contributed by atoms with Gasteiger partial charge in [-0.15, -0.1) is 0 Å². The Balaban J connectivity index is 1.80. The van der Waals surface area contributed by atoms with E-state index in [1.54, 1.807) is 0 Å². The molecule has 1 aliphatic heterocycles. The summed E-state index contributed by atoms with van der Waals surface area (Å²) in [5.74, 6) is 0.822. The van der Waals surface area contributed by atoms with Gasteiger partial charge in [0.15, 0.2) is 0 Å². The summed E-state index contributed by atoms with van der Waals surface area (Å²) < 4.78 is 6.05. The van der Waals surface area contributed by atoms with Crippen molar-refractivity contribution in [2.24, 2.45) is 0 Å². The number of fused-ring (bicyclic) bond motifs is 1. The largest absolute Gasteiger partial charge is 0.513 e. The molecule has 3 rings (SSSR count). The Morgan fingerprint density at radius 3 is 2.67 bits per heavy atom. The van der Waals surface area contributed by atoms with Gasteiger partial charge >= 0.3 is 0 Å². The highest BCUT2D eigenvalue weighted by Gasteiger charge is 2.32. The number of ether oxygens (including phenoxy) is 1. The van der Waals surface area contributed by atoms with Crippen LogP contribution in [0.15, 0.2) is 42.7 Å². The molecule has 5 nitrogen and oxygen atoms in total. The number of unbranched alkanes of at least 4 members (excludes halogenated alkanes) is 1. The number of aliphatic hydroxyl groups is 1. The van der Waals surface area contributed by atoms with E-state index in [2.05, 4.69) is 11.9 Å². The van der Waals surface area contributed by atoms with Crippen molar-refractivity contribution >= 4 is 33.7 Å². The minimum Gasteiger partial charge on any atom is -0.513 e. The number of nitrogens with one attached hydrogen (secondary N) is 1. The summed E-state index contributed by atoms with van der Waals surface area (Å²) in [7, 11) is 0. The Morgan fingerprint density at radius 2 is 2.00 bits per heavy atom. The van der Waals surface area contributed by atoms with Crippen LogP contribution in [0.5, 0.6) is 5.75 Å². The number of aliphatic hydroxyl groups excluding tert-OH is 1. The number of amides is 2. The van der Waals surface area contributed by atoms with Gasteiger partial charge in [-0.05, 0) is 42.7 Å². The maximum Gasteiger partial charge on any atom is 0.286 e. The molecule has 1 unspecified atom stereocenters. The molecule has 0 aromatic heterocycles. The number of rotatable bonds is 8. The fourth-order valence-corrected chi connectivity index (χ4v) is 4.12. The summed E-state index contributed by atoms with van der Waals surface area (Å²) >= 11 is 1.05. The molecule has 2 amide bonds. The van der Waals surface area contributed by atoms with Crippen LogP contribution in [0, 0.1) is 6.92 Å². The highest BCUT2D eigenvalue weighted by molar-refractivity contribution is 8.15. The summed E-state index contributed by atoms with van der Waals surface area (Å²) in [6, 6.07) is 10.0. The monoisotopic (exact) mass is 385 g/mol. The Hall–Kier alpha value is -2.47. The maximum atomic E-state index is 11.9. The standard InChI is InChI=1S/C21H23NO4S/c1-13-11-15(12-18-20(24)22-21(25)27-18)16-8-3-4-9-17(16)19(13)26-10-6-5-7-14(2)23/h3-4,8-9,11,18,23H,2,5-7,10,12H2,1H3,(H,22,24,25). The molecule has 1 saturated heterocycles. The zero-order valence-electron chi connectivity index (χ0n) is 15.3. The number of allylic oxidation sites excluding steroid dienone is 1. The van der Waals surface area contributed by atoms with Crippen LogP contribution in [0.3, 0.4) is 0 Å². The van der Waals surface area contributed by atoms with Crippen LogP contribution in [0.1, 0.15) is 30.4 Å². The van der Waals surface area contributed by atoms with Gasteiger partial charge < -0.3 is 9.84 Å². The van der Waals surface area contributed by atoms with E-state index in [9.17, 15) is 9.59 Å². The van der Waals surface area contributed by atoms with Crippen molar-refractivity contribution in [3.05, 3.63) is 53.8 Å². The average Bonchev–Trinajstić information content (AvgIpc) is 2.94. The SMILES string of the molecule is C=C(O)CCCCOc1c(C)cc(CC2SC(=O)NC2=O)c2ccccc12. The molecule has 0 saturated carbocycles. The third-order valence-corrected chi connectivity index (χ3v) is 5.53. The van der Waals surface area contributed by atoms with Crippen LogP contribution in [0.25, 0.3) is 10.8 Å². The molecular formula is C21H23NO4S. The Labute approximate surface area is 162 Å². The zero-order chi connectivity index (χ0) is 19.4. The Morgan fingerprint density at radius 1 is 1.26 bits per heavy atom. The average molecular weight is 385 g/mol. The van der Waals surface area contributed by atoms with E-state index >= 15 is 0 Å². The first-order valence-corrected chi connectivity index (χ1v) is 9.86. The van der Waals surface area contributed by atoms with E-state index in [0.717, 1.165) is 52.3 Å². The predicted molar refractivity (Wildman–Crippen MR) is 108 cm³/mol. The lowest BCUT2D eigenvalue weighted by molar-refractivity contribution is -0.118. The summed E-state index contributed by atoms with van der Waals surface area (Å²) in [5.41, 5.74) is 2.04. The second-order valence-electron chi connectivity index (χ2n) is 6.69. The molecule has 142 valence electrons. The first kappa shape index (κ1) is 19.3. The molecule has 0 bridgehead atoms. The first-order valence-electron chi connectivity index (χ1n) is 8.98. The van der Waals surface area contributed by atoms with Crippen molar-refractivity contribution in [2.45, 2.75) is 37.9 Å². The second-order valence-corrected chi connectivity index (χ2v) is 7.86. The van der Waals surface area contributed by atoms with Crippen LogP contribution in [-0.2, 0) is 11.2 Å². The number of hydrogen-bond acceptors (Lipinski definition) is 5. The summed E-state index contributed by atoms with van der Waals surface area (Å²) in [5, 5.41) is 12.9. The van der Waals surface area contributed by atoms with E-state index in [4.69, 9.17) is 9.84 Å². The fourth-order valence-electron chi connectivity index (χ4n) is 3.27. The summed E-state index contributed by atoms with van der Waals surface area (Å²) in [6.07, 6.45) is 2.74. The molecule has 1 atom stereocenters. The second kappa shape index (κ2) is 8.48. The molecule has 0 spiro atoms. The van der Waals surface area contributed by atoms with Gasteiger partial charge in [0.2, 0.25) is 5.91 Å². The molecule has 2 aromatic carbocycles. The molecule has 0 radical (unpaired) electrons. The lowest BCUT2D eigenvalue weighted by Crippen LogP contribution is -2.25. The van der Waals surface area contributed by atoms with Crippen LogP contribution >= 0.6 is 11.8 Å². The van der Waals surface area contributed by atoms with Gasteiger partial charge in [0.05, 0.1) is 17.6 Å². The predicted octanol–water partition coefficient (Wildman–Crippen LogP) is 4.66. The van der Waals surface area contributed by atoms with E-state index < -0.39 is 5.25 Å². The topological polar surface area (TPSA) is 75.6 Å². The molecule has 1 heterocycles. The molecule has 2 N–H and O–H groups in total. The molecule has 0 aliphatic carbocycles. The molecule has 1 aliphatic rings. The maximum absolute atomic E-state index is 11.9.